The van der Waals surface area contributed by atoms with Crippen LogP contribution < -0.4 is 10.6 Å². The molecule has 6 heteroatoms. The molecule has 0 spiro atoms. The lowest BCUT2D eigenvalue weighted by Crippen LogP contribution is -2.45. The summed E-state index contributed by atoms with van der Waals surface area (Å²) >= 11 is 0. The first-order chi connectivity index (χ1) is 7.65. The van der Waals surface area contributed by atoms with Gasteiger partial charge in [0.2, 0.25) is 5.89 Å². The number of amides is 2. The summed E-state index contributed by atoms with van der Waals surface area (Å²) in [7, 11) is 0. The van der Waals surface area contributed by atoms with Crippen molar-refractivity contribution in [3.05, 3.63) is 11.7 Å². The van der Waals surface area contributed by atoms with Crippen molar-refractivity contribution in [3.63, 3.8) is 0 Å². The van der Waals surface area contributed by atoms with Crippen molar-refractivity contribution in [2.75, 3.05) is 0 Å². The van der Waals surface area contributed by atoms with Gasteiger partial charge in [0.25, 0.3) is 0 Å². The smallest absolute Gasteiger partial charge is 0.315 e. The van der Waals surface area contributed by atoms with E-state index in [0.29, 0.717) is 17.8 Å². The maximum atomic E-state index is 11.5. The first-order valence-corrected chi connectivity index (χ1v) is 5.52. The minimum atomic E-state index is -0.238. The largest absolute Gasteiger partial charge is 0.340 e. The Morgan fingerprint density at radius 1 is 1.56 bits per heavy atom. The molecule has 2 amide bonds. The lowest BCUT2D eigenvalue weighted by atomic mass is 9.93. The molecule has 0 aromatic carbocycles. The van der Waals surface area contributed by atoms with Crippen LogP contribution in [-0.4, -0.2) is 22.2 Å². The van der Waals surface area contributed by atoms with Gasteiger partial charge in [0.1, 0.15) is 0 Å². The van der Waals surface area contributed by atoms with E-state index in [9.17, 15) is 4.79 Å². The van der Waals surface area contributed by atoms with Gasteiger partial charge in [-0.05, 0) is 26.2 Å². The number of aryl methyl sites for hydroxylation is 1. The predicted molar refractivity (Wildman–Crippen MR) is 56.8 cm³/mol. The lowest BCUT2D eigenvalue weighted by molar-refractivity contribution is 0.225. The topological polar surface area (TPSA) is 80.0 Å². The Balaban J connectivity index is 1.81. The van der Waals surface area contributed by atoms with Gasteiger partial charge in [-0.25, -0.2) is 4.79 Å². The highest BCUT2D eigenvalue weighted by atomic mass is 16.5. The number of hydrogen-bond donors (Lipinski definition) is 2. The molecule has 88 valence electrons. The first kappa shape index (κ1) is 10.9. The van der Waals surface area contributed by atoms with E-state index in [1.807, 2.05) is 6.92 Å². The van der Waals surface area contributed by atoms with Gasteiger partial charge in [0.15, 0.2) is 5.82 Å². The fourth-order valence-corrected chi connectivity index (χ4v) is 1.53. The molecule has 0 saturated heterocycles. The van der Waals surface area contributed by atoms with Crippen LogP contribution in [0, 0.1) is 6.92 Å². The zero-order chi connectivity index (χ0) is 11.5. The number of nitrogens with one attached hydrogen (secondary N) is 2. The molecule has 1 saturated carbocycles. The third kappa shape index (κ3) is 2.50. The van der Waals surface area contributed by atoms with Crippen LogP contribution in [0.15, 0.2) is 4.52 Å². The van der Waals surface area contributed by atoms with E-state index in [1.165, 1.54) is 6.42 Å². The van der Waals surface area contributed by atoms with Crippen molar-refractivity contribution in [3.8, 4) is 0 Å². The fraction of sp³-hybridized carbons (Fsp3) is 0.700. The van der Waals surface area contributed by atoms with Crippen molar-refractivity contribution in [1.82, 2.24) is 20.8 Å². The summed E-state index contributed by atoms with van der Waals surface area (Å²) in [6.07, 6.45) is 3.34. The second kappa shape index (κ2) is 4.51. The summed E-state index contributed by atoms with van der Waals surface area (Å²) in [5.41, 5.74) is 0. The monoisotopic (exact) mass is 224 g/mol. The fourth-order valence-electron chi connectivity index (χ4n) is 1.53. The maximum Gasteiger partial charge on any atom is 0.315 e. The molecular formula is C10H16N4O2. The van der Waals surface area contributed by atoms with E-state index >= 15 is 0 Å². The van der Waals surface area contributed by atoms with Crippen molar-refractivity contribution < 1.29 is 9.32 Å². The third-order valence-corrected chi connectivity index (χ3v) is 2.72. The van der Waals surface area contributed by atoms with E-state index in [-0.39, 0.29) is 12.1 Å². The van der Waals surface area contributed by atoms with E-state index in [0.717, 1.165) is 12.8 Å². The summed E-state index contributed by atoms with van der Waals surface area (Å²) in [6, 6.07) is -0.0728. The molecule has 1 heterocycles. The minimum Gasteiger partial charge on any atom is -0.340 e. The number of carbonyl (C=O) groups excluding carboxylic acids is 1. The lowest BCUT2D eigenvalue weighted by Gasteiger charge is -2.26. The summed E-state index contributed by atoms with van der Waals surface area (Å²) < 4.78 is 4.85. The van der Waals surface area contributed by atoms with Gasteiger partial charge >= 0.3 is 6.03 Å². The Hall–Kier alpha value is -1.59. The molecule has 1 aromatic heterocycles. The van der Waals surface area contributed by atoms with Gasteiger partial charge in [0, 0.05) is 13.0 Å². The van der Waals surface area contributed by atoms with Crippen LogP contribution in [0.2, 0.25) is 0 Å². The number of rotatable bonds is 3. The van der Waals surface area contributed by atoms with Gasteiger partial charge in [-0.1, -0.05) is 5.16 Å². The van der Waals surface area contributed by atoms with Crippen LogP contribution in [-0.2, 0) is 0 Å². The highest BCUT2D eigenvalue weighted by Gasteiger charge is 2.21. The minimum absolute atomic E-state index is 0.167. The van der Waals surface area contributed by atoms with Gasteiger partial charge < -0.3 is 15.2 Å². The Bertz CT molecular complexity index is 373. The predicted octanol–water partition coefficient (Wildman–Crippen LogP) is 1.29. The highest BCUT2D eigenvalue weighted by Crippen LogP contribution is 2.18. The third-order valence-electron chi connectivity index (χ3n) is 2.72. The maximum absolute atomic E-state index is 11.5. The van der Waals surface area contributed by atoms with Crippen molar-refractivity contribution in [1.29, 1.82) is 0 Å². The molecule has 0 aliphatic heterocycles. The van der Waals surface area contributed by atoms with Crippen LogP contribution in [0.25, 0.3) is 0 Å². The zero-order valence-corrected chi connectivity index (χ0v) is 9.49. The van der Waals surface area contributed by atoms with Crippen LogP contribution in [0.4, 0.5) is 4.79 Å². The zero-order valence-electron chi connectivity index (χ0n) is 9.49. The average molecular weight is 224 g/mol. The summed E-state index contributed by atoms with van der Waals surface area (Å²) in [5, 5.41) is 9.41. The van der Waals surface area contributed by atoms with Gasteiger partial charge in [-0.2, -0.15) is 4.98 Å². The van der Waals surface area contributed by atoms with Crippen LogP contribution >= 0.6 is 0 Å². The van der Waals surface area contributed by atoms with Crippen LogP contribution in [0.5, 0.6) is 0 Å². The van der Waals surface area contributed by atoms with Crippen LogP contribution in [0.1, 0.15) is 43.9 Å². The molecule has 6 nitrogen and oxygen atoms in total. The van der Waals surface area contributed by atoms with Gasteiger partial charge in [0.05, 0.1) is 6.04 Å². The molecule has 1 atom stereocenters. The standard InChI is InChI=1S/C10H16N4O2/c1-6(9-12-7(2)16-14-9)11-10(15)13-8-4-3-5-8/h6,8H,3-5H2,1-2H3,(H2,11,13,15). The summed E-state index contributed by atoms with van der Waals surface area (Å²) in [6.45, 7) is 3.54. The Morgan fingerprint density at radius 3 is 2.81 bits per heavy atom. The number of urea groups is 1. The number of nitrogens with zero attached hydrogens (tertiary/aromatic N) is 2. The molecule has 1 aliphatic rings. The quantitative estimate of drug-likeness (QED) is 0.810. The Labute approximate surface area is 93.8 Å². The van der Waals surface area contributed by atoms with Crippen molar-refractivity contribution in [2.45, 2.75) is 45.2 Å². The molecule has 1 aromatic rings. The van der Waals surface area contributed by atoms with E-state index in [1.54, 1.807) is 6.92 Å². The molecule has 2 rings (SSSR count). The molecule has 1 fully saturated rings. The number of carbonyl (C=O) groups is 1. The highest BCUT2D eigenvalue weighted by molar-refractivity contribution is 5.74. The van der Waals surface area contributed by atoms with Crippen molar-refractivity contribution in [2.24, 2.45) is 0 Å². The van der Waals surface area contributed by atoms with Crippen molar-refractivity contribution >= 4 is 6.03 Å². The average Bonchev–Trinajstić information content (AvgIpc) is 2.58. The molecule has 0 radical (unpaired) electrons. The van der Waals surface area contributed by atoms with E-state index in [2.05, 4.69) is 20.8 Å². The molecule has 1 unspecified atom stereocenters. The van der Waals surface area contributed by atoms with E-state index in [4.69, 9.17) is 4.52 Å². The molecule has 0 bridgehead atoms. The number of hydrogen-bond acceptors (Lipinski definition) is 4. The SMILES string of the molecule is Cc1nc(C(C)NC(=O)NC2CCC2)no1. The van der Waals surface area contributed by atoms with Crippen LogP contribution in [0.3, 0.4) is 0 Å². The summed E-state index contributed by atoms with van der Waals surface area (Å²) in [4.78, 5) is 15.6. The second-order valence-corrected chi connectivity index (χ2v) is 4.14. The van der Waals surface area contributed by atoms with E-state index < -0.39 is 0 Å². The second-order valence-electron chi connectivity index (χ2n) is 4.14. The molecule has 16 heavy (non-hydrogen) atoms. The molecule has 2 N–H and O–H groups in total. The molecular weight excluding hydrogens is 208 g/mol. The van der Waals surface area contributed by atoms with Gasteiger partial charge in [-0.15, -0.1) is 0 Å². The first-order valence-electron chi connectivity index (χ1n) is 5.52. The summed E-state index contributed by atoms with van der Waals surface area (Å²) in [5.74, 6) is 1.00. The Kier molecular flexibility index (Phi) is 3.07. The Morgan fingerprint density at radius 2 is 2.31 bits per heavy atom. The number of aromatic nitrogens is 2. The molecule has 1 aliphatic carbocycles. The van der Waals surface area contributed by atoms with Gasteiger partial charge in [-0.3, -0.25) is 0 Å². The normalized spacial score (nSPS) is 17.6.